The molecule has 0 radical (unpaired) electrons. The van der Waals surface area contributed by atoms with Gasteiger partial charge in [0.2, 0.25) is 5.91 Å². The van der Waals surface area contributed by atoms with Gasteiger partial charge in [0.1, 0.15) is 6.10 Å². The zero-order valence-corrected chi connectivity index (χ0v) is 17.7. The van der Waals surface area contributed by atoms with E-state index in [4.69, 9.17) is 5.21 Å². The monoisotopic (exact) mass is 414 g/mol. The quantitative estimate of drug-likeness (QED) is 0.492. The van der Waals surface area contributed by atoms with Gasteiger partial charge in [0, 0.05) is 42.9 Å². The number of nitrogens with one attached hydrogen (secondary N) is 1. The van der Waals surface area contributed by atoms with Crippen molar-refractivity contribution in [1.29, 1.82) is 0 Å². The number of aliphatic hydroxyl groups excluding tert-OH is 1. The summed E-state index contributed by atoms with van der Waals surface area (Å²) >= 11 is 0. The van der Waals surface area contributed by atoms with Crippen LogP contribution < -0.4 is 10.4 Å². The average molecular weight is 415 g/mol. The third kappa shape index (κ3) is 4.71. The maximum atomic E-state index is 13.2. The second kappa shape index (κ2) is 9.40. The zero-order chi connectivity index (χ0) is 21.8. The van der Waals surface area contributed by atoms with E-state index in [1.54, 1.807) is 11.1 Å². The van der Waals surface area contributed by atoms with Crippen molar-refractivity contribution < 1.29 is 19.9 Å². The molecule has 0 spiro atoms. The Hall–Kier alpha value is -2.71. The van der Waals surface area contributed by atoms with Crippen LogP contribution in [0.25, 0.3) is 10.9 Å². The number of rotatable bonds is 6. The lowest BCUT2D eigenvalue weighted by atomic mass is 9.89. The zero-order valence-electron chi connectivity index (χ0n) is 17.7. The third-order valence-corrected chi connectivity index (χ3v) is 5.66. The Labute approximate surface area is 176 Å². The lowest BCUT2D eigenvalue weighted by Gasteiger charge is -2.42. The van der Waals surface area contributed by atoms with E-state index < -0.39 is 17.9 Å². The second-order valence-corrected chi connectivity index (χ2v) is 8.36. The van der Waals surface area contributed by atoms with Gasteiger partial charge in [0.05, 0.1) is 11.4 Å². The minimum Gasteiger partial charge on any atom is -0.382 e. The van der Waals surface area contributed by atoms with Crippen molar-refractivity contribution in [3.63, 3.8) is 0 Å². The molecule has 2 aromatic rings. The molecule has 1 aromatic carbocycles. The Morgan fingerprint density at radius 3 is 2.70 bits per heavy atom. The van der Waals surface area contributed by atoms with E-state index in [-0.39, 0.29) is 17.9 Å². The number of pyridine rings is 1. The van der Waals surface area contributed by atoms with E-state index >= 15 is 0 Å². The highest BCUT2D eigenvalue weighted by atomic mass is 16.5. The Kier molecular flexibility index (Phi) is 6.89. The van der Waals surface area contributed by atoms with Crippen LogP contribution in [0.1, 0.15) is 27.2 Å². The summed E-state index contributed by atoms with van der Waals surface area (Å²) in [5.74, 6) is -1.99. The van der Waals surface area contributed by atoms with E-state index in [0.29, 0.717) is 26.1 Å². The molecule has 0 aliphatic carbocycles. The number of aromatic nitrogens is 1. The fourth-order valence-corrected chi connectivity index (χ4v) is 4.11. The van der Waals surface area contributed by atoms with Crippen molar-refractivity contribution in [2.75, 3.05) is 24.5 Å². The van der Waals surface area contributed by atoms with Crippen LogP contribution in [0.3, 0.4) is 0 Å². The van der Waals surface area contributed by atoms with Gasteiger partial charge in [-0.15, -0.1) is 0 Å². The number of hydrogen-bond acceptors (Lipinski definition) is 6. The first-order chi connectivity index (χ1) is 14.3. The average Bonchev–Trinajstić information content (AvgIpc) is 2.75. The molecule has 3 atom stereocenters. The van der Waals surface area contributed by atoms with Crippen molar-refractivity contribution in [3.8, 4) is 0 Å². The molecular formula is C22H30N4O4. The number of hydrogen-bond donors (Lipinski definition) is 3. The summed E-state index contributed by atoms with van der Waals surface area (Å²) in [6.45, 7) is 7.62. The number of amides is 2. The first kappa shape index (κ1) is 22.0. The number of piperazine rings is 1. The van der Waals surface area contributed by atoms with Gasteiger partial charge in [-0.1, -0.05) is 19.9 Å². The van der Waals surface area contributed by atoms with Gasteiger partial charge in [-0.05, 0) is 43.5 Å². The van der Waals surface area contributed by atoms with Crippen LogP contribution in [0.5, 0.6) is 0 Å². The van der Waals surface area contributed by atoms with Gasteiger partial charge in [0.15, 0.2) is 0 Å². The second-order valence-electron chi connectivity index (χ2n) is 8.36. The number of fused-ring (bicyclic) bond motifs is 1. The minimum atomic E-state index is -1.58. The van der Waals surface area contributed by atoms with Gasteiger partial charge >= 0.3 is 0 Å². The van der Waals surface area contributed by atoms with Crippen LogP contribution in [-0.4, -0.2) is 63.8 Å². The van der Waals surface area contributed by atoms with Crippen molar-refractivity contribution in [3.05, 3.63) is 36.5 Å². The fourth-order valence-electron chi connectivity index (χ4n) is 4.11. The van der Waals surface area contributed by atoms with Crippen molar-refractivity contribution >= 4 is 28.4 Å². The van der Waals surface area contributed by atoms with E-state index in [9.17, 15) is 14.7 Å². The molecule has 0 bridgehead atoms. The Bertz CT molecular complexity index is 904. The number of hydroxylamine groups is 1. The van der Waals surface area contributed by atoms with Crippen molar-refractivity contribution in [2.45, 2.75) is 39.3 Å². The lowest BCUT2D eigenvalue weighted by Crippen LogP contribution is -2.57. The number of anilines is 1. The maximum absolute atomic E-state index is 13.2. The smallest absolute Gasteiger partial charge is 0.272 e. The molecule has 1 fully saturated rings. The summed E-state index contributed by atoms with van der Waals surface area (Å²) in [4.78, 5) is 33.3. The molecule has 30 heavy (non-hydrogen) atoms. The maximum Gasteiger partial charge on any atom is 0.272 e. The number of nitrogens with zero attached hydrogens (tertiary/aromatic N) is 3. The Balaban J connectivity index is 1.73. The largest absolute Gasteiger partial charge is 0.382 e. The standard InChI is InChI=1S/C22H30N4O4/c1-14(2)11-18(20(27)21(28)24-30)22(29)26-10-9-25(13-15(26)3)17-6-7-19-16(12-17)5-4-8-23-19/h4-8,12,14-15,18,20,27,30H,9-11,13H2,1-3H3,(H,24,28)/t15-,18+,20+/m1/s1. The summed E-state index contributed by atoms with van der Waals surface area (Å²) in [5, 5.41) is 20.2. The van der Waals surface area contributed by atoms with Crippen LogP contribution in [0.15, 0.2) is 36.5 Å². The number of benzene rings is 1. The van der Waals surface area contributed by atoms with Crippen molar-refractivity contribution in [2.24, 2.45) is 11.8 Å². The molecule has 1 aliphatic heterocycles. The molecule has 2 heterocycles. The van der Waals surface area contributed by atoms with Crippen molar-refractivity contribution in [1.82, 2.24) is 15.4 Å². The molecular weight excluding hydrogens is 384 g/mol. The van der Waals surface area contributed by atoms with Gasteiger partial charge in [-0.3, -0.25) is 19.8 Å². The molecule has 2 amide bonds. The molecule has 0 saturated carbocycles. The van der Waals surface area contributed by atoms with E-state index in [1.807, 2.05) is 45.0 Å². The number of carbonyl (C=O) groups excluding carboxylic acids is 2. The highest BCUT2D eigenvalue weighted by Gasteiger charge is 2.38. The van der Waals surface area contributed by atoms with Crippen LogP contribution in [-0.2, 0) is 9.59 Å². The topological polar surface area (TPSA) is 106 Å². The molecule has 3 rings (SSSR count). The van der Waals surface area contributed by atoms with E-state index in [1.165, 1.54) is 5.48 Å². The van der Waals surface area contributed by atoms with Crippen LogP contribution >= 0.6 is 0 Å². The van der Waals surface area contributed by atoms with Gasteiger partial charge in [0.25, 0.3) is 5.91 Å². The predicted octanol–water partition coefficient (Wildman–Crippen LogP) is 1.80. The highest BCUT2D eigenvalue weighted by molar-refractivity contribution is 5.89. The SMILES string of the molecule is CC(C)C[C@H](C(=O)N1CCN(c2ccc3ncccc3c2)C[C@H]1C)[C@H](O)C(=O)NO. The van der Waals surface area contributed by atoms with Crippen LogP contribution in [0, 0.1) is 11.8 Å². The normalized spacial score (nSPS) is 19.1. The first-order valence-corrected chi connectivity index (χ1v) is 10.3. The fraction of sp³-hybridized carbons (Fsp3) is 0.500. The number of carbonyl (C=O) groups is 2. The summed E-state index contributed by atoms with van der Waals surface area (Å²) in [6, 6.07) is 9.98. The molecule has 1 saturated heterocycles. The Morgan fingerprint density at radius 1 is 1.27 bits per heavy atom. The van der Waals surface area contributed by atoms with Crippen LogP contribution in [0.2, 0.25) is 0 Å². The molecule has 8 heteroatoms. The third-order valence-electron chi connectivity index (χ3n) is 5.66. The summed E-state index contributed by atoms with van der Waals surface area (Å²) in [7, 11) is 0. The van der Waals surface area contributed by atoms with Crippen LogP contribution in [0.4, 0.5) is 5.69 Å². The first-order valence-electron chi connectivity index (χ1n) is 10.3. The summed E-state index contributed by atoms with van der Waals surface area (Å²) in [6.07, 6.45) is 0.550. The molecule has 1 aliphatic rings. The van der Waals surface area contributed by atoms with Gasteiger partial charge in [-0.2, -0.15) is 0 Å². The van der Waals surface area contributed by atoms with E-state index in [0.717, 1.165) is 16.6 Å². The predicted molar refractivity (Wildman–Crippen MR) is 114 cm³/mol. The summed E-state index contributed by atoms with van der Waals surface area (Å²) < 4.78 is 0. The Morgan fingerprint density at radius 2 is 2.03 bits per heavy atom. The minimum absolute atomic E-state index is 0.0881. The number of aliphatic hydroxyl groups is 1. The summed E-state index contributed by atoms with van der Waals surface area (Å²) in [5.41, 5.74) is 3.47. The highest BCUT2D eigenvalue weighted by Crippen LogP contribution is 2.26. The van der Waals surface area contributed by atoms with Gasteiger partial charge in [-0.25, -0.2) is 5.48 Å². The van der Waals surface area contributed by atoms with Gasteiger partial charge < -0.3 is 14.9 Å². The molecule has 8 nitrogen and oxygen atoms in total. The molecule has 1 aromatic heterocycles. The molecule has 3 N–H and O–H groups in total. The lowest BCUT2D eigenvalue weighted by molar-refractivity contribution is -0.152. The van der Waals surface area contributed by atoms with E-state index in [2.05, 4.69) is 16.0 Å². The molecule has 162 valence electrons. The molecule has 0 unspecified atom stereocenters.